The Morgan fingerprint density at radius 1 is 0.393 bits per heavy atom. The number of fused-ring (bicyclic) bond motifs is 6. The summed E-state index contributed by atoms with van der Waals surface area (Å²) in [5.41, 5.74) is 20.4. The highest BCUT2D eigenvalue weighted by molar-refractivity contribution is 5.98. The molecule has 0 unspecified atom stereocenters. The van der Waals surface area contributed by atoms with Gasteiger partial charge in [0.25, 0.3) is 0 Å². The Morgan fingerprint density at radius 3 is 1.68 bits per heavy atom. The monoisotopic (exact) mass is 721 g/mol. The third kappa shape index (κ3) is 4.43. The Labute approximate surface area is 331 Å². The third-order valence-electron chi connectivity index (χ3n) is 15.1. The normalized spacial score (nSPS) is 24.1. The van der Waals surface area contributed by atoms with Crippen LogP contribution in [0.5, 0.6) is 0 Å². The van der Waals surface area contributed by atoms with E-state index < -0.39 is 0 Å². The molecule has 0 amide bonds. The Balaban J connectivity index is 1.10. The molecule has 4 saturated carbocycles. The van der Waals surface area contributed by atoms with E-state index in [1.807, 2.05) is 0 Å². The van der Waals surface area contributed by atoms with Gasteiger partial charge in [0.05, 0.1) is 5.69 Å². The Bertz CT molecular complexity index is 2660. The van der Waals surface area contributed by atoms with Gasteiger partial charge in [-0.3, -0.25) is 0 Å². The van der Waals surface area contributed by atoms with Crippen LogP contribution in [-0.4, -0.2) is 0 Å². The molecular formula is C55H47N. The van der Waals surface area contributed by atoms with Crippen molar-refractivity contribution in [1.82, 2.24) is 0 Å². The Morgan fingerprint density at radius 2 is 0.964 bits per heavy atom. The van der Waals surface area contributed by atoms with Crippen molar-refractivity contribution in [3.8, 4) is 44.5 Å². The molecule has 0 saturated heterocycles. The minimum Gasteiger partial charge on any atom is -0.310 e. The lowest BCUT2D eigenvalue weighted by molar-refractivity contribution is -0.0399. The van der Waals surface area contributed by atoms with E-state index in [-0.39, 0.29) is 10.8 Å². The zero-order valence-electron chi connectivity index (χ0n) is 32.4. The zero-order chi connectivity index (χ0) is 37.2. The predicted molar refractivity (Wildman–Crippen MR) is 233 cm³/mol. The smallest absolute Gasteiger partial charge is 0.0540 e. The van der Waals surface area contributed by atoms with E-state index in [9.17, 15) is 0 Å². The standard InChI is InChI=1S/C55H47N/c1-54(2)49-22-12-9-19-42(49)44-26-25-41(32-51(44)54)56(40-17-7-4-8-18-40)53-24-14-11-21-45(53)47-33-48-43-20-10-13-23-50(43)55(38-28-35-27-36(30-38)31-39(55)29-35)52(48)34-46(47)37-15-5-3-6-16-37/h3-26,32-36,38-39H,27-31H2,1-2H3. The van der Waals surface area contributed by atoms with Gasteiger partial charge in [0.15, 0.2) is 0 Å². The fourth-order valence-corrected chi connectivity index (χ4v) is 13.0. The fourth-order valence-electron chi connectivity index (χ4n) is 13.0. The molecule has 1 spiro atoms. The van der Waals surface area contributed by atoms with Crippen LogP contribution in [0.15, 0.2) is 164 Å². The lowest BCUT2D eigenvalue weighted by Gasteiger charge is -2.61. The van der Waals surface area contributed by atoms with E-state index >= 15 is 0 Å². The molecule has 56 heavy (non-hydrogen) atoms. The Hall–Kier alpha value is -5.66. The predicted octanol–water partition coefficient (Wildman–Crippen LogP) is 14.5. The molecule has 6 aliphatic carbocycles. The van der Waals surface area contributed by atoms with Crippen LogP contribution in [0.1, 0.15) is 68.2 Å². The van der Waals surface area contributed by atoms with Crippen LogP contribution in [0, 0.1) is 23.7 Å². The topological polar surface area (TPSA) is 3.24 Å². The lowest BCUT2D eigenvalue weighted by atomic mass is 9.43. The minimum absolute atomic E-state index is 0.0917. The van der Waals surface area contributed by atoms with Crippen LogP contribution in [-0.2, 0) is 10.8 Å². The molecule has 0 aliphatic heterocycles. The number of hydrogen-bond donors (Lipinski definition) is 0. The number of nitrogens with zero attached hydrogens (tertiary/aromatic N) is 1. The molecule has 7 aromatic rings. The van der Waals surface area contributed by atoms with Crippen molar-refractivity contribution < 1.29 is 0 Å². The quantitative estimate of drug-likeness (QED) is 0.171. The summed E-state index contributed by atoms with van der Waals surface area (Å²) < 4.78 is 0. The fraction of sp³-hybridized carbons (Fsp3) is 0.236. The lowest BCUT2D eigenvalue weighted by Crippen LogP contribution is -2.55. The minimum atomic E-state index is -0.0917. The summed E-state index contributed by atoms with van der Waals surface area (Å²) in [7, 11) is 0. The number of para-hydroxylation sites is 2. The van der Waals surface area contributed by atoms with Crippen LogP contribution in [0.4, 0.5) is 17.1 Å². The average molecular weight is 722 g/mol. The summed E-state index contributed by atoms with van der Waals surface area (Å²) in [6.45, 7) is 4.76. The summed E-state index contributed by atoms with van der Waals surface area (Å²) in [5.74, 6) is 3.29. The van der Waals surface area contributed by atoms with Crippen LogP contribution in [0.2, 0.25) is 0 Å². The Kier molecular flexibility index (Phi) is 6.93. The largest absolute Gasteiger partial charge is 0.310 e. The van der Waals surface area contributed by atoms with Crippen molar-refractivity contribution in [1.29, 1.82) is 0 Å². The highest BCUT2D eigenvalue weighted by Gasteiger charge is 2.61. The second-order valence-electron chi connectivity index (χ2n) is 18.1. The molecular weight excluding hydrogens is 675 g/mol. The number of rotatable bonds is 5. The van der Waals surface area contributed by atoms with Crippen LogP contribution in [0.3, 0.4) is 0 Å². The van der Waals surface area contributed by atoms with Crippen molar-refractivity contribution in [3.05, 3.63) is 186 Å². The van der Waals surface area contributed by atoms with E-state index in [2.05, 4.69) is 183 Å². The first-order chi connectivity index (χ1) is 27.5. The number of anilines is 3. The maximum atomic E-state index is 2.68. The van der Waals surface area contributed by atoms with Gasteiger partial charge in [-0.1, -0.05) is 135 Å². The van der Waals surface area contributed by atoms with Gasteiger partial charge in [-0.2, -0.15) is 0 Å². The SMILES string of the molecule is CC1(C)c2ccccc2-c2ccc(N(c3ccccc3)c3ccccc3-c3cc4c(cc3-c3ccccc3)C3(c5ccccc5-4)C4CC5CC(C4)CC3C5)cc21. The summed E-state index contributed by atoms with van der Waals surface area (Å²) in [5, 5.41) is 0. The molecule has 4 fully saturated rings. The molecule has 0 N–H and O–H groups in total. The summed E-state index contributed by atoms with van der Waals surface area (Å²) in [6.07, 6.45) is 7.03. The van der Waals surface area contributed by atoms with E-state index in [1.165, 1.54) is 99.1 Å². The maximum absolute atomic E-state index is 2.68. The van der Waals surface area contributed by atoms with Gasteiger partial charge in [0.1, 0.15) is 0 Å². The maximum Gasteiger partial charge on any atom is 0.0540 e. The third-order valence-corrected chi connectivity index (χ3v) is 15.1. The van der Waals surface area contributed by atoms with Crippen LogP contribution >= 0.6 is 0 Å². The van der Waals surface area contributed by atoms with Gasteiger partial charge in [0, 0.05) is 27.8 Å². The summed E-state index contributed by atoms with van der Waals surface area (Å²) in [6, 6.07) is 62.4. The highest BCUT2D eigenvalue weighted by Crippen LogP contribution is 2.70. The molecule has 0 heterocycles. The molecule has 13 rings (SSSR count). The molecule has 6 aliphatic rings. The average Bonchev–Trinajstić information content (AvgIpc) is 3.65. The van der Waals surface area contributed by atoms with Crippen molar-refractivity contribution in [2.75, 3.05) is 4.90 Å². The van der Waals surface area contributed by atoms with E-state index in [0.717, 1.165) is 29.4 Å². The van der Waals surface area contributed by atoms with Crippen molar-refractivity contribution in [2.24, 2.45) is 23.7 Å². The molecule has 1 heteroatoms. The molecule has 272 valence electrons. The second-order valence-corrected chi connectivity index (χ2v) is 18.1. The van der Waals surface area contributed by atoms with Gasteiger partial charge in [-0.25, -0.2) is 0 Å². The van der Waals surface area contributed by atoms with Crippen LogP contribution in [0.25, 0.3) is 44.5 Å². The molecule has 4 bridgehead atoms. The van der Waals surface area contributed by atoms with Crippen LogP contribution < -0.4 is 4.90 Å². The second kappa shape index (κ2) is 11.9. The molecule has 0 radical (unpaired) electrons. The number of hydrogen-bond acceptors (Lipinski definition) is 1. The first kappa shape index (κ1) is 32.6. The molecule has 0 aromatic heterocycles. The first-order valence-corrected chi connectivity index (χ1v) is 21.0. The summed E-state index contributed by atoms with van der Waals surface area (Å²) >= 11 is 0. The molecule has 0 atom stereocenters. The summed E-state index contributed by atoms with van der Waals surface area (Å²) in [4.78, 5) is 2.50. The van der Waals surface area contributed by atoms with Crippen molar-refractivity contribution in [2.45, 2.75) is 56.8 Å². The molecule has 1 nitrogen and oxygen atoms in total. The van der Waals surface area contributed by atoms with E-state index in [0.29, 0.717) is 0 Å². The van der Waals surface area contributed by atoms with Crippen molar-refractivity contribution >= 4 is 17.1 Å². The zero-order valence-corrected chi connectivity index (χ0v) is 32.4. The van der Waals surface area contributed by atoms with Crippen molar-refractivity contribution in [3.63, 3.8) is 0 Å². The first-order valence-electron chi connectivity index (χ1n) is 21.0. The van der Waals surface area contributed by atoms with E-state index in [1.54, 1.807) is 11.1 Å². The van der Waals surface area contributed by atoms with Gasteiger partial charge in [-0.15, -0.1) is 0 Å². The van der Waals surface area contributed by atoms with Gasteiger partial charge in [-0.05, 0) is 159 Å². The highest BCUT2D eigenvalue weighted by atomic mass is 15.1. The van der Waals surface area contributed by atoms with Gasteiger partial charge in [0.2, 0.25) is 0 Å². The van der Waals surface area contributed by atoms with E-state index in [4.69, 9.17) is 0 Å². The molecule has 7 aromatic carbocycles. The number of benzene rings is 7. The van der Waals surface area contributed by atoms with Gasteiger partial charge < -0.3 is 4.90 Å². The van der Waals surface area contributed by atoms with Gasteiger partial charge >= 0.3 is 0 Å².